The lowest BCUT2D eigenvalue weighted by Gasteiger charge is -2.14. The summed E-state index contributed by atoms with van der Waals surface area (Å²) in [6.07, 6.45) is 1.35. The number of hydrogen-bond donors (Lipinski definition) is 1. The van der Waals surface area contributed by atoms with Crippen LogP contribution < -0.4 is 5.32 Å². The van der Waals surface area contributed by atoms with Gasteiger partial charge in [0.15, 0.2) is 5.76 Å². The Balaban J connectivity index is 2.17. The van der Waals surface area contributed by atoms with E-state index in [0.717, 1.165) is 12.1 Å². The largest absolute Gasteiger partial charge is 0.459 e. The highest BCUT2D eigenvalue weighted by atomic mass is 19.1. The minimum atomic E-state index is -0.788. The minimum Gasteiger partial charge on any atom is -0.459 e. The van der Waals surface area contributed by atoms with Gasteiger partial charge in [0.1, 0.15) is 11.6 Å². The Labute approximate surface area is 102 Å². The van der Waals surface area contributed by atoms with E-state index in [0.29, 0.717) is 0 Å². The fraction of sp³-hybridized carbons (Fsp3) is 0.154. The molecule has 5 heteroatoms. The van der Waals surface area contributed by atoms with Gasteiger partial charge in [-0.25, -0.2) is 8.78 Å². The summed E-state index contributed by atoms with van der Waals surface area (Å²) in [7, 11) is 0. The third kappa shape index (κ3) is 2.40. The van der Waals surface area contributed by atoms with E-state index >= 15 is 0 Å². The molecule has 1 aromatic heterocycles. The van der Waals surface area contributed by atoms with E-state index < -0.39 is 23.6 Å². The van der Waals surface area contributed by atoms with E-state index in [-0.39, 0.29) is 11.3 Å². The maximum Gasteiger partial charge on any atom is 0.287 e. The minimum absolute atomic E-state index is 0.0959. The predicted molar refractivity (Wildman–Crippen MR) is 60.9 cm³/mol. The number of benzene rings is 1. The van der Waals surface area contributed by atoms with Crippen molar-refractivity contribution in [2.24, 2.45) is 0 Å². The number of furan rings is 1. The summed E-state index contributed by atoms with van der Waals surface area (Å²) in [6.45, 7) is 1.50. The van der Waals surface area contributed by atoms with Gasteiger partial charge in [-0.1, -0.05) is 6.07 Å². The summed E-state index contributed by atoms with van der Waals surface area (Å²) in [5.41, 5.74) is -0.169. The zero-order valence-corrected chi connectivity index (χ0v) is 9.61. The average molecular weight is 251 g/mol. The molecule has 1 N–H and O–H groups in total. The van der Waals surface area contributed by atoms with Crippen LogP contribution in [0.2, 0.25) is 0 Å². The number of rotatable bonds is 3. The number of carbonyl (C=O) groups is 1. The summed E-state index contributed by atoms with van der Waals surface area (Å²) in [5, 5.41) is 2.47. The van der Waals surface area contributed by atoms with Crippen LogP contribution in [0.15, 0.2) is 41.0 Å². The van der Waals surface area contributed by atoms with Crippen LogP contribution in [0.4, 0.5) is 8.78 Å². The normalized spacial score (nSPS) is 12.2. The third-order valence-corrected chi connectivity index (χ3v) is 2.53. The number of amides is 1. The van der Waals surface area contributed by atoms with Crippen molar-refractivity contribution >= 4 is 5.91 Å². The Morgan fingerprint density at radius 3 is 2.44 bits per heavy atom. The van der Waals surface area contributed by atoms with Crippen LogP contribution in [-0.2, 0) is 0 Å². The van der Waals surface area contributed by atoms with Crippen LogP contribution in [0.25, 0.3) is 0 Å². The lowest BCUT2D eigenvalue weighted by molar-refractivity contribution is 0.0911. The van der Waals surface area contributed by atoms with Crippen molar-refractivity contribution < 1.29 is 18.0 Å². The first-order valence-electron chi connectivity index (χ1n) is 5.38. The number of carbonyl (C=O) groups excluding carboxylic acids is 1. The SMILES string of the molecule is CC(NC(=O)c1ccco1)c1c(F)cccc1F. The van der Waals surface area contributed by atoms with Crippen LogP contribution in [0.5, 0.6) is 0 Å². The summed E-state index contributed by atoms with van der Waals surface area (Å²) in [5.74, 6) is -1.81. The summed E-state index contributed by atoms with van der Waals surface area (Å²) < 4.78 is 31.9. The van der Waals surface area contributed by atoms with Crippen molar-refractivity contribution in [1.82, 2.24) is 5.32 Å². The van der Waals surface area contributed by atoms with Crippen LogP contribution >= 0.6 is 0 Å². The number of halogens is 2. The second-order valence-electron chi connectivity index (χ2n) is 3.81. The van der Waals surface area contributed by atoms with Gasteiger partial charge in [-0.05, 0) is 31.2 Å². The quantitative estimate of drug-likeness (QED) is 0.911. The monoisotopic (exact) mass is 251 g/mol. The topological polar surface area (TPSA) is 42.2 Å². The molecule has 0 aliphatic carbocycles. The molecule has 0 saturated carbocycles. The van der Waals surface area contributed by atoms with Crippen molar-refractivity contribution in [1.29, 1.82) is 0 Å². The number of nitrogens with one attached hydrogen (secondary N) is 1. The highest BCUT2D eigenvalue weighted by Crippen LogP contribution is 2.20. The molecule has 94 valence electrons. The van der Waals surface area contributed by atoms with Crippen LogP contribution in [-0.4, -0.2) is 5.91 Å². The van der Waals surface area contributed by atoms with Gasteiger partial charge in [0.25, 0.3) is 5.91 Å². The molecule has 18 heavy (non-hydrogen) atoms. The summed E-state index contributed by atoms with van der Waals surface area (Å²) >= 11 is 0. The molecule has 0 radical (unpaired) electrons. The molecule has 2 aromatic rings. The Kier molecular flexibility index (Phi) is 3.41. The molecule has 1 amide bonds. The molecule has 2 rings (SSSR count). The molecule has 0 saturated heterocycles. The smallest absolute Gasteiger partial charge is 0.287 e. The van der Waals surface area contributed by atoms with Gasteiger partial charge < -0.3 is 9.73 Å². The second kappa shape index (κ2) is 5.00. The molecule has 0 spiro atoms. The fourth-order valence-electron chi connectivity index (χ4n) is 1.67. The molecule has 0 aliphatic heterocycles. The van der Waals surface area contributed by atoms with Crippen LogP contribution in [0.1, 0.15) is 29.1 Å². The molecule has 0 aliphatic rings. The van der Waals surface area contributed by atoms with E-state index in [1.807, 2.05) is 0 Å². The zero-order chi connectivity index (χ0) is 13.1. The van der Waals surface area contributed by atoms with Gasteiger partial charge in [0.2, 0.25) is 0 Å². The third-order valence-electron chi connectivity index (χ3n) is 2.53. The highest BCUT2D eigenvalue weighted by Gasteiger charge is 2.19. The van der Waals surface area contributed by atoms with E-state index in [1.54, 1.807) is 6.07 Å². The van der Waals surface area contributed by atoms with Crippen LogP contribution in [0, 0.1) is 11.6 Å². The van der Waals surface area contributed by atoms with Gasteiger partial charge in [0, 0.05) is 5.56 Å². The Morgan fingerprint density at radius 2 is 1.89 bits per heavy atom. The Bertz CT molecular complexity index is 532. The van der Waals surface area contributed by atoms with Gasteiger partial charge in [-0.15, -0.1) is 0 Å². The zero-order valence-electron chi connectivity index (χ0n) is 9.61. The fourth-order valence-corrected chi connectivity index (χ4v) is 1.67. The molecular weight excluding hydrogens is 240 g/mol. The maximum absolute atomic E-state index is 13.5. The van der Waals surface area contributed by atoms with Crippen molar-refractivity contribution in [3.8, 4) is 0 Å². The first-order valence-corrected chi connectivity index (χ1v) is 5.38. The summed E-state index contributed by atoms with van der Waals surface area (Å²) in [6, 6.07) is 5.81. The molecular formula is C13H11F2NO2. The van der Waals surface area contributed by atoms with Gasteiger partial charge >= 0.3 is 0 Å². The Morgan fingerprint density at radius 1 is 1.22 bits per heavy atom. The van der Waals surface area contributed by atoms with E-state index in [1.165, 1.54) is 25.3 Å². The van der Waals surface area contributed by atoms with Crippen molar-refractivity contribution in [3.05, 3.63) is 59.6 Å². The van der Waals surface area contributed by atoms with Crippen LogP contribution in [0.3, 0.4) is 0 Å². The molecule has 1 aromatic carbocycles. The maximum atomic E-state index is 13.5. The van der Waals surface area contributed by atoms with Gasteiger partial charge in [-0.3, -0.25) is 4.79 Å². The first-order chi connectivity index (χ1) is 8.59. The molecule has 1 atom stereocenters. The molecule has 3 nitrogen and oxygen atoms in total. The van der Waals surface area contributed by atoms with E-state index in [4.69, 9.17) is 4.42 Å². The lowest BCUT2D eigenvalue weighted by Crippen LogP contribution is -2.27. The van der Waals surface area contributed by atoms with E-state index in [9.17, 15) is 13.6 Å². The van der Waals surface area contributed by atoms with Gasteiger partial charge in [0.05, 0.1) is 12.3 Å². The van der Waals surface area contributed by atoms with E-state index in [2.05, 4.69) is 5.32 Å². The predicted octanol–water partition coefficient (Wildman–Crippen LogP) is 3.05. The lowest BCUT2D eigenvalue weighted by atomic mass is 10.1. The van der Waals surface area contributed by atoms with Crippen molar-refractivity contribution in [3.63, 3.8) is 0 Å². The van der Waals surface area contributed by atoms with Crippen molar-refractivity contribution in [2.75, 3.05) is 0 Å². The van der Waals surface area contributed by atoms with Crippen molar-refractivity contribution in [2.45, 2.75) is 13.0 Å². The summed E-state index contributed by atoms with van der Waals surface area (Å²) in [4.78, 5) is 11.7. The molecule has 1 unspecified atom stereocenters. The first kappa shape index (κ1) is 12.3. The highest BCUT2D eigenvalue weighted by molar-refractivity contribution is 5.91. The molecule has 0 bridgehead atoms. The Hall–Kier alpha value is -2.17. The average Bonchev–Trinajstić information content (AvgIpc) is 2.81. The molecule has 1 heterocycles. The number of hydrogen-bond acceptors (Lipinski definition) is 2. The second-order valence-corrected chi connectivity index (χ2v) is 3.81. The van der Waals surface area contributed by atoms with Gasteiger partial charge in [-0.2, -0.15) is 0 Å². The molecule has 0 fully saturated rings. The standard InChI is InChI=1S/C13H11F2NO2/c1-8(12-9(14)4-2-5-10(12)15)16-13(17)11-6-3-7-18-11/h2-8H,1H3,(H,16,17).